The highest BCUT2D eigenvalue weighted by Crippen LogP contribution is 1.89. The Bertz CT molecular complexity index is 101. The van der Waals surface area contributed by atoms with Gasteiger partial charge in [0, 0.05) is 19.1 Å². The van der Waals surface area contributed by atoms with Gasteiger partial charge in [-0.2, -0.15) is 0 Å². The van der Waals surface area contributed by atoms with Crippen LogP contribution < -0.4 is 5.73 Å². The van der Waals surface area contributed by atoms with Crippen molar-refractivity contribution in [3.05, 3.63) is 0 Å². The van der Waals surface area contributed by atoms with E-state index in [0.717, 1.165) is 32.7 Å². The minimum absolute atomic E-state index is 0.398. The van der Waals surface area contributed by atoms with Gasteiger partial charge in [-0.05, 0) is 20.4 Å². The van der Waals surface area contributed by atoms with Crippen molar-refractivity contribution >= 4 is 0 Å². The highest BCUT2D eigenvalue weighted by Gasteiger charge is 2.02. The highest BCUT2D eigenvalue weighted by molar-refractivity contribution is 4.53. The summed E-state index contributed by atoms with van der Waals surface area (Å²) >= 11 is 0. The molecule has 2 N–H and O–H groups in total. The fraction of sp³-hybridized carbons (Fsp3) is 1.00. The molecule has 3 heteroatoms. The number of rotatable bonds is 2. The number of hydrogen-bond acceptors (Lipinski definition) is 3. The Morgan fingerprint density at radius 2 is 1.92 bits per heavy atom. The minimum atomic E-state index is 0.398. The maximum absolute atomic E-state index is 5.40. The van der Waals surface area contributed by atoms with Crippen LogP contribution in [0.3, 0.4) is 0 Å². The van der Waals surface area contributed by atoms with Crippen molar-refractivity contribution in [3.63, 3.8) is 0 Å². The number of hydrogen-bond donors (Lipinski definition) is 1. The molecule has 0 spiro atoms. The summed E-state index contributed by atoms with van der Waals surface area (Å²) in [5.74, 6) is 0. The molecular weight excluding hydrogens is 164 g/mol. The molecule has 1 unspecified atom stereocenters. The zero-order valence-corrected chi connectivity index (χ0v) is 9.25. The molecule has 0 saturated carbocycles. The van der Waals surface area contributed by atoms with E-state index >= 15 is 0 Å². The van der Waals surface area contributed by atoms with Gasteiger partial charge in [-0.25, -0.2) is 0 Å². The summed E-state index contributed by atoms with van der Waals surface area (Å²) in [5.41, 5.74) is 5.40. The van der Waals surface area contributed by atoms with Crippen molar-refractivity contribution in [1.29, 1.82) is 0 Å². The minimum Gasteiger partial charge on any atom is -0.379 e. The third-order valence-electron chi connectivity index (χ3n) is 1.98. The fourth-order valence-corrected chi connectivity index (χ4v) is 1.11. The van der Waals surface area contributed by atoms with Crippen LogP contribution in [0, 0.1) is 0 Å². The maximum Gasteiger partial charge on any atom is 0.0594 e. The Morgan fingerprint density at radius 3 is 2.08 bits per heavy atom. The molecule has 13 heavy (non-hydrogen) atoms. The molecule has 1 aliphatic rings. The first-order valence-electron chi connectivity index (χ1n) is 5.18. The molecule has 0 radical (unpaired) electrons. The van der Waals surface area contributed by atoms with E-state index in [1.54, 1.807) is 0 Å². The number of likely N-dealkylation sites (N-methyl/N-ethyl adjacent to an activating group) is 1. The summed E-state index contributed by atoms with van der Waals surface area (Å²) in [5, 5.41) is 0. The van der Waals surface area contributed by atoms with Crippen LogP contribution in [0.1, 0.15) is 26.7 Å². The molecule has 0 aromatic carbocycles. The fourth-order valence-electron chi connectivity index (χ4n) is 1.11. The third kappa shape index (κ3) is 9.80. The van der Waals surface area contributed by atoms with E-state index in [1.807, 2.05) is 6.92 Å². The van der Waals surface area contributed by atoms with Crippen molar-refractivity contribution in [2.45, 2.75) is 32.7 Å². The second-order valence-corrected chi connectivity index (χ2v) is 3.68. The molecule has 1 saturated heterocycles. The van der Waals surface area contributed by atoms with Gasteiger partial charge in [-0.15, -0.1) is 0 Å². The first-order valence-corrected chi connectivity index (χ1v) is 5.18. The van der Waals surface area contributed by atoms with Crippen LogP contribution >= 0.6 is 0 Å². The lowest BCUT2D eigenvalue weighted by atomic mass is 10.2. The third-order valence-corrected chi connectivity index (χ3v) is 1.98. The van der Waals surface area contributed by atoms with Crippen LogP contribution in [-0.2, 0) is 4.74 Å². The quantitative estimate of drug-likeness (QED) is 0.705. The Labute approximate surface area is 82.2 Å². The van der Waals surface area contributed by atoms with Gasteiger partial charge >= 0.3 is 0 Å². The molecule has 1 fully saturated rings. The predicted molar refractivity (Wildman–Crippen MR) is 56.9 cm³/mol. The van der Waals surface area contributed by atoms with Gasteiger partial charge in [-0.3, -0.25) is 0 Å². The molecule has 3 nitrogen and oxygen atoms in total. The summed E-state index contributed by atoms with van der Waals surface area (Å²) in [6.45, 7) is 8.19. The van der Waals surface area contributed by atoms with Gasteiger partial charge in [0.05, 0.1) is 13.2 Å². The number of nitrogens with two attached hydrogens (primary N) is 1. The summed E-state index contributed by atoms with van der Waals surface area (Å²) in [6, 6.07) is 0.398. The van der Waals surface area contributed by atoms with Crippen LogP contribution in [0.5, 0.6) is 0 Å². The maximum atomic E-state index is 5.40. The standard InChI is InChI=1S/C5H11NO.C5H13N/c1-6-2-4-7-5-3-6;1-3-4-5(2)6/h2-5H2,1H3;5H,3-4,6H2,1-2H3. The topological polar surface area (TPSA) is 38.5 Å². The van der Waals surface area contributed by atoms with Crippen LogP contribution in [-0.4, -0.2) is 44.3 Å². The van der Waals surface area contributed by atoms with Gasteiger partial charge < -0.3 is 15.4 Å². The second-order valence-electron chi connectivity index (χ2n) is 3.68. The summed E-state index contributed by atoms with van der Waals surface area (Å²) in [6.07, 6.45) is 2.36. The SMILES string of the molecule is CCCC(C)N.CN1CCOCC1. The molecule has 0 aliphatic carbocycles. The van der Waals surface area contributed by atoms with E-state index in [2.05, 4.69) is 18.9 Å². The van der Waals surface area contributed by atoms with E-state index in [-0.39, 0.29) is 0 Å². The van der Waals surface area contributed by atoms with Crippen LogP contribution in [0.4, 0.5) is 0 Å². The Balaban J connectivity index is 0.000000226. The molecule has 0 aromatic rings. The number of morpholine rings is 1. The van der Waals surface area contributed by atoms with Gasteiger partial charge in [0.15, 0.2) is 0 Å². The number of ether oxygens (including phenoxy) is 1. The van der Waals surface area contributed by atoms with E-state index < -0.39 is 0 Å². The van der Waals surface area contributed by atoms with Crippen molar-refractivity contribution in [2.75, 3.05) is 33.4 Å². The summed E-state index contributed by atoms with van der Waals surface area (Å²) in [4.78, 5) is 2.27. The molecule has 0 aromatic heterocycles. The Morgan fingerprint density at radius 1 is 1.38 bits per heavy atom. The molecule has 80 valence electrons. The smallest absolute Gasteiger partial charge is 0.0594 e. The molecule has 1 heterocycles. The average molecular weight is 188 g/mol. The Hall–Kier alpha value is -0.120. The average Bonchev–Trinajstić information content (AvgIpc) is 2.06. The van der Waals surface area contributed by atoms with E-state index in [4.69, 9.17) is 10.5 Å². The van der Waals surface area contributed by atoms with Crippen molar-refractivity contribution in [1.82, 2.24) is 4.90 Å². The van der Waals surface area contributed by atoms with Gasteiger partial charge in [0.2, 0.25) is 0 Å². The molecular formula is C10H24N2O. The van der Waals surface area contributed by atoms with Gasteiger partial charge in [0.25, 0.3) is 0 Å². The normalized spacial score (nSPS) is 20.3. The van der Waals surface area contributed by atoms with E-state index in [1.165, 1.54) is 6.42 Å². The van der Waals surface area contributed by atoms with Gasteiger partial charge in [-0.1, -0.05) is 13.3 Å². The summed E-state index contributed by atoms with van der Waals surface area (Å²) in [7, 11) is 2.11. The lowest BCUT2D eigenvalue weighted by molar-refractivity contribution is 0.0503. The van der Waals surface area contributed by atoms with Crippen LogP contribution in [0.15, 0.2) is 0 Å². The molecule has 1 rings (SSSR count). The Kier molecular flexibility index (Phi) is 8.40. The van der Waals surface area contributed by atoms with E-state index in [0.29, 0.717) is 6.04 Å². The highest BCUT2D eigenvalue weighted by atomic mass is 16.5. The summed E-state index contributed by atoms with van der Waals surface area (Å²) < 4.78 is 5.10. The van der Waals surface area contributed by atoms with Crippen molar-refractivity contribution in [2.24, 2.45) is 5.73 Å². The molecule has 1 aliphatic heterocycles. The van der Waals surface area contributed by atoms with E-state index in [9.17, 15) is 0 Å². The lowest BCUT2D eigenvalue weighted by Gasteiger charge is -2.21. The zero-order chi connectivity index (χ0) is 10.1. The van der Waals surface area contributed by atoms with Crippen molar-refractivity contribution < 1.29 is 4.74 Å². The lowest BCUT2D eigenvalue weighted by Crippen LogP contribution is -2.32. The molecule has 0 amide bonds. The zero-order valence-electron chi connectivity index (χ0n) is 9.25. The van der Waals surface area contributed by atoms with Crippen LogP contribution in [0.25, 0.3) is 0 Å². The first-order chi connectivity index (χ1) is 6.16. The monoisotopic (exact) mass is 188 g/mol. The van der Waals surface area contributed by atoms with Gasteiger partial charge in [0.1, 0.15) is 0 Å². The number of nitrogens with zero attached hydrogens (tertiary/aromatic N) is 1. The van der Waals surface area contributed by atoms with Crippen molar-refractivity contribution in [3.8, 4) is 0 Å². The van der Waals surface area contributed by atoms with Crippen LogP contribution in [0.2, 0.25) is 0 Å². The predicted octanol–water partition coefficient (Wildman–Crippen LogP) is 1.08. The molecule has 1 atom stereocenters. The first kappa shape index (κ1) is 12.9. The second kappa shape index (κ2) is 8.48. The largest absolute Gasteiger partial charge is 0.379 e. The molecule has 0 bridgehead atoms.